The summed E-state index contributed by atoms with van der Waals surface area (Å²) in [7, 11) is 3.86. The predicted molar refractivity (Wildman–Crippen MR) is 486 cm³/mol. The van der Waals surface area contributed by atoms with E-state index in [-0.39, 0.29) is 82.3 Å². The molecule has 6 aromatic rings. The van der Waals surface area contributed by atoms with E-state index in [1.54, 1.807) is 60.9 Å². The van der Waals surface area contributed by atoms with Crippen molar-refractivity contribution in [2.45, 2.75) is 227 Å². The molecule has 3 aromatic carbocycles. The molecule has 9 rings (SSSR count). The highest BCUT2D eigenvalue weighted by Gasteiger charge is 2.47. The molecule has 15 atom stereocenters. The van der Waals surface area contributed by atoms with E-state index in [0.717, 1.165) is 36.3 Å². The number of aromatic amines is 3. The smallest absolute Gasteiger partial charge is 0.305 e. The lowest BCUT2D eigenvalue weighted by Gasteiger charge is -2.36. The maximum absolute atomic E-state index is 15.7. The maximum atomic E-state index is 15.7. The zero-order chi connectivity index (χ0) is 97.7. The minimum absolute atomic E-state index is 0.00591. The van der Waals surface area contributed by atoms with Crippen LogP contribution in [0.2, 0.25) is 0 Å². The number of benzene rings is 3. The van der Waals surface area contributed by atoms with Crippen LogP contribution in [0, 0.1) is 0 Å². The van der Waals surface area contributed by atoms with Crippen LogP contribution in [0.3, 0.4) is 0 Å². The second-order valence-corrected chi connectivity index (χ2v) is 34.7. The van der Waals surface area contributed by atoms with Crippen LogP contribution >= 0.6 is 11.8 Å². The number of nitrogens with one attached hydrogen (secondary N) is 13. The fraction of sp³-hybridized carbons (Fsp3) is 0.517. The third kappa shape index (κ3) is 28.5. The minimum atomic E-state index is -1.94. The second kappa shape index (κ2) is 49.8. The normalized spacial score (nSPS) is 24.8. The standard InChI is InChI=1S/C89H122N22O22S/c1-7-9-22-68-82(126)99-59(21-15-31-90)78(122)106-67(77(121)96-42-73(92)116)45-134-46-74(117)98-63(33-49-25-27-53(113)28-26-49)85(129)107(4)48(3)76(120)103-65(38-75(118)119)88(132)110-32-16-24-69(110)83(127)102-62(36-52-41-93-47-97-52)80(124)100-60(29-30-72(91)115)87(131)111-43-54(114)37-71(111)84(128)101-61(34-50-39-94-57-19-13-11-17-55(50)57)79(123)105-66(44-112)81(125)104-64(35-51-40-95-58-20-14-12-18-56(51)58)86(130)109(6)70(23-10-8-2)89(133)108(68)5/h11-14,17-20,25-28,39-41,47-48,54,59-71,94-95,112-114H,7-10,15-16,21-24,29-38,42-46,90H2,1-6H3,(H2,91,115)(H2,92,116)(H,93,97)(H,96,121)(H,98,117)(H,99,126)(H,100,124)(H,101,128)(H,102,127)(H,103,120)(H,104,125)(H,105,123)(H,106,122)(H,118,119)/t48-,54+,59-,60-,61-,62-,63-,64-,65-,66-,67-,68-,69-,70-,71-/m0/s1. The molecule has 6 heterocycles. The Labute approximate surface area is 776 Å². The Morgan fingerprint density at radius 3 is 1.67 bits per heavy atom. The Morgan fingerprint density at radius 1 is 0.537 bits per heavy atom. The van der Waals surface area contributed by atoms with Gasteiger partial charge in [0.05, 0.1) is 43.5 Å². The molecular weight excluding hydrogens is 1760 g/mol. The first-order valence-electron chi connectivity index (χ1n) is 44.6. The van der Waals surface area contributed by atoms with Crippen LogP contribution in [0.15, 0.2) is 97.7 Å². The SMILES string of the molecule is CCCC[C@H]1C(=O)N(C)[C@@H](CCCC)C(=O)N[C@@H](CCCN)C(=O)N[C@H](C(=O)NCC(N)=O)CSCC(=O)N[C@@H](Cc2ccc(O)cc2)C(=O)N(C)[C@@H](C)C(=O)N[C@@H](CC(=O)O)C(=O)N2CCC[C@H]2C(=O)N[C@@H](Cc2c[nH]cn2)C(=O)N[C@@H](CCC(N)=O)C(=O)N2C[C@H](O)C[C@H]2C(=O)N[C@@H](Cc2c[nH]c3ccccc23)C(=O)N[C@@H](CO)C(=O)N[C@@H](Cc2c[nH]c3ccccc23)C(=O)N1C. The summed E-state index contributed by atoms with van der Waals surface area (Å²) in [5, 5.41) is 70.2. The highest BCUT2D eigenvalue weighted by atomic mass is 32.2. The summed E-state index contributed by atoms with van der Waals surface area (Å²) in [5.41, 5.74) is 19.8. The van der Waals surface area contributed by atoms with Gasteiger partial charge in [-0.3, -0.25) is 86.3 Å². The van der Waals surface area contributed by atoms with Crippen molar-refractivity contribution in [3.05, 3.63) is 120 Å². The van der Waals surface area contributed by atoms with Gasteiger partial charge in [0.15, 0.2) is 0 Å². The molecule has 134 heavy (non-hydrogen) atoms. The van der Waals surface area contributed by atoms with Crippen molar-refractivity contribution >= 4 is 140 Å². The number of amides is 17. The number of primary amides is 2. The number of imidazole rings is 1. The lowest BCUT2D eigenvalue weighted by molar-refractivity contribution is -0.149. The van der Waals surface area contributed by atoms with Gasteiger partial charge in [0.25, 0.3) is 0 Å². The number of aromatic nitrogens is 4. The largest absolute Gasteiger partial charge is 0.508 e. The molecule has 3 aliphatic heterocycles. The van der Waals surface area contributed by atoms with Gasteiger partial charge in [-0.2, -0.15) is 0 Å². The second-order valence-electron chi connectivity index (χ2n) is 33.7. The molecule has 23 N–H and O–H groups in total. The number of para-hydroxylation sites is 2. The summed E-state index contributed by atoms with van der Waals surface area (Å²) < 4.78 is 0. The number of phenols is 1. The minimum Gasteiger partial charge on any atom is -0.508 e. The van der Waals surface area contributed by atoms with Gasteiger partial charge in [0, 0.05) is 119 Å². The first-order valence-corrected chi connectivity index (χ1v) is 45.7. The number of aromatic hydroxyl groups is 1. The predicted octanol–water partition coefficient (Wildman–Crippen LogP) is -3.63. The Morgan fingerprint density at radius 2 is 1.07 bits per heavy atom. The fourth-order valence-electron chi connectivity index (χ4n) is 16.4. The lowest BCUT2D eigenvalue weighted by Crippen LogP contribution is -2.62. The number of phenolic OH excluding ortho intramolecular Hbond substituents is 1. The summed E-state index contributed by atoms with van der Waals surface area (Å²) in [4.78, 5) is 280. The van der Waals surface area contributed by atoms with Crippen molar-refractivity contribution in [3.8, 4) is 5.75 Å². The van der Waals surface area contributed by atoms with Gasteiger partial charge >= 0.3 is 5.97 Å². The quantitative estimate of drug-likeness (QED) is 0.0249. The van der Waals surface area contributed by atoms with Crippen LogP contribution in [0.5, 0.6) is 5.75 Å². The van der Waals surface area contributed by atoms with Crippen LogP contribution in [-0.4, -0.2) is 327 Å². The van der Waals surface area contributed by atoms with Crippen molar-refractivity contribution in [2.75, 3.05) is 65.4 Å². The number of carbonyl (C=O) groups excluding carboxylic acids is 17. The number of hydrogen-bond donors (Lipinski definition) is 20. The number of carboxylic acids is 1. The van der Waals surface area contributed by atoms with Crippen molar-refractivity contribution < 1.29 is 107 Å². The first-order chi connectivity index (χ1) is 63.9. The van der Waals surface area contributed by atoms with Gasteiger partial charge in [-0.15, -0.1) is 11.8 Å². The Hall–Kier alpha value is -13.6. The third-order valence-corrected chi connectivity index (χ3v) is 25.0. The number of fused-ring (bicyclic) bond motifs is 4. The fourth-order valence-corrected chi connectivity index (χ4v) is 17.3. The summed E-state index contributed by atoms with van der Waals surface area (Å²) in [6, 6.07) is -3.35. The molecular formula is C89H122N22O22S. The van der Waals surface area contributed by atoms with Gasteiger partial charge in [0.1, 0.15) is 90.3 Å². The highest BCUT2D eigenvalue weighted by molar-refractivity contribution is 8.00. The molecule has 0 unspecified atom stereocenters. The number of aliphatic hydroxyl groups is 2. The zero-order valence-electron chi connectivity index (χ0n) is 75.5. The monoisotopic (exact) mass is 1880 g/mol. The van der Waals surface area contributed by atoms with Crippen LogP contribution < -0.4 is 70.4 Å². The molecule has 3 fully saturated rings. The number of carboxylic acid groups (broad SMARTS) is 1. The number of H-pyrrole nitrogens is 3. The molecule has 0 spiro atoms. The van der Waals surface area contributed by atoms with Gasteiger partial charge in [-0.05, 0) is 99.4 Å². The van der Waals surface area contributed by atoms with Gasteiger partial charge in [0.2, 0.25) is 100 Å². The summed E-state index contributed by atoms with van der Waals surface area (Å²) >= 11 is 0.758. The highest BCUT2D eigenvalue weighted by Crippen LogP contribution is 2.28. The number of rotatable bonds is 26. The zero-order valence-corrected chi connectivity index (χ0v) is 76.4. The number of nitrogens with zero attached hydrogens (tertiary/aromatic N) is 6. The molecule has 726 valence electrons. The van der Waals surface area contributed by atoms with Crippen molar-refractivity contribution in [1.29, 1.82) is 0 Å². The molecule has 44 nitrogen and oxygen atoms in total. The molecule has 0 radical (unpaired) electrons. The van der Waals surface area contributed by atoms with Crippen LogP contribution in [0.25, 0.3) is 21.8 Å². The van der Waals surface area contributed by atoms with E-state index in [2.05, 4.69) is 73.1 Å². The van der Waals surface area contributed by atoms with E-state index in [9.17, 15) is 68.4 Å². The third-order valence-electron chi connectivity index (χ3n) is 24.0. The average molecular weight is 1880 g/mol. The number of aliphatic hydroxyl groups excluding tert-OH is 2. The van der Waals surface area contributed by atoms with Gasteiger partial charge in [-0.25, -0.2) is 4.98 Å². The van der Waals surface area contributed by atoms with E-state index in [4.69, 9.17) is 17.2 Å². The van der Waals surface area contributed by atoms with Crippen LogP contribution in [0.4, 0.5) is 0 Å². The summed E-state index contributed by atoms with van der Waals surface area (Å²) in [6.45, 7) is 2.25. The van der Waals surface area contributed by atoms with Gasteiger partial charge in [-0.1, -0.05) is 88.1 Å². The molecule has 45 heteroatoms. The number of thioether (sulfide) groups is 1. The van der Waals surface area contributed by atoms with Crippen LogP contribution in [-0.2, 0) is 112 Å². The number of likely N-dealkylation sites (N-methyl/N-ethyl adjacent to an activating group) is 3. The van der Waals surface area contributed by atoms with E-state index >= 15 is 38.4 Å². The van der Waals surface area contributed by atoms with Gasteiger partial charge < -0.3 is 130 Å². The Bertz CT molecular complexity index is 5190. The lowest BCUT2D eigenvalue weighted by atomic mass is 10.00. The Balaban J connectivity index is 1.10. The van der Waals surface area contributed by atoms with E-state index in [1.807, 2.05) is 13.8 Å². The summed E-state index contributed by atoms with van der Waals surface area (Å²) in [5.74, 6) is -19.5. The van der Waals surface area contributed by atoms with E-state index in [0.29, 0.717) is 64.2 Å². The average Bonchev–Trinajstić information content (AvgIpc) is 1.66. The molecule has 0 bridgehead atoms. The topological polar surface area (TPSA) is 663 Å². The maximum Gasteiger partial charge on any atom is 0.305 e. The molecule has 3 saturated heterocycles. The number of hydrogen-bond acceptors (Lipinski definition) is 24. The van der Waals surface area contributed by atoms with E-state index < -0.39 is 260 Å². The molecule has 3 aromatic heterocycles. The number of aliphatic carboxylic acids is 1. The number of nitrogens with two attached hydrogens (primary N) is 3. The van der Waals surface area contributed by atoms with E-state index in [1.165, 1.54) is 64.9 Å². The number of carbonyl (C=O) groups is 18. The molecule has 0 aliphatic carbocycles. The number of unbranched alkanes of at least 4 members (excludes halogenated alkanes) is 2. The van der Waals surface area contributed by atoms with Crippen LogP contribution in [0.1, 0.15) is 133 Å². The molecule has 3 aliphatic rings. The first kappa shape index (κ1) is 104. The molecule has 17 amide bonds. The van der Waals surface area contributed by atoms with Crippen molar-refractivity contribution in [1.82, 2.24) is 97.6 Å². The van der Waals surface area contributed by atoms with Crippen molar-refractivity contribution in [3.63, 3.8) is 0 Å². The molecule has 0 saturated carbocycles. The van der Waals surface area contributed by atoms with Crippen molar-refractivity contribution in [2.24, 2.45) is 17.2 Å². The summed E-state index contributed by atoms with van der Waals surface area (Å²) in [6.07, 6.45) is 1.90. The Kier molecular flexibility index (Phi) is 38.7.